The Bertz CT molecular complexity index is 557. The molecule has 1 aromatic heterocycles. The number of hydrogen-bond donors (Lipinski definition) is 3. The summed E-state index contributed by atoms with van der Waals surface area (Å²) < 4.78 is 0. The second kappa shape index (κ2) is 7.22. The van der Waals surface area contributed by atoms with Gasteiger partial charge in [0.1, 0.15) is 5.69 Å². The lowest BCUT2D eigenvalue weighted by atomic mass is 10.2. The van der Waals surface area contributed by atoms with Crippen LogP contribution in [0.4, 0.5) is 4.79 Å². The van der Waals surface area contributed by atoms with E-state index in [-0.39, 0.29) is 36.1 Å². The zero-order chi connectivity index (χ0) is 16.0. The van der Waals surface area contributed by atoms with Crippen LogP contribution in [0.3, 0.4) is 0 Å². The first-order chi connectivity index (χ1) is 9.82. The monoisotopic (exact) mass is 294 g/mol. The van der Waals surface area contributed by atoms with E-state index in [0.717, 1.165) is 0 Å². The number of carboxylic acids is 1. The molecule has 1 rings (SSSR count). The lowest BCUT2D eigenvalue weighted by Gasteiger charge is -2.12. The van der Waals surface area contributed by atoms with Gasteiger partial charge in [-0.1, -0.05) is 0 Å². The molecule has 0 aliphatic carbocycles. The number of carbonyl (C=O) groups is 3. The first kappa shape index (κ1) is 16.4. The number of urea groups is 1. The van der Waals surface area contributed by atoms with Gasteiger partial charge in [0, 0.05) is 27.2 Å². The van der Waals surface area contributed by atoms with Crippen LogP contribution < -0.4 is 10.6 Å². The predicted octanol–water partition coefficient (Wildman–Crippen LogP) is 0.0892. The normalized spacial score (nSPS) is 9.86. The van der Waals surface area contributed by atoms with Crippen molar-refractivity contribution in [3.05, 3.63) is 29.1 Å². The minimum atomic E-state index is -1.08. The summed E-state index contributed by atoms with van der Waals surface area (Å²) >= 11 is 0. The number of pyridine rings is 1. The molecule has 0 fully saturated rings. The summed E-state index contributed by atoms with van der Waals surface area (Å²) in [5.41, 5.74) is 0.470. The molecular formula is C13H18N4O4. The van der Waals surface area contributed by atoms with E-state index in [1.807, 2.05) is 0 Å². The average molecular weight is 294 g/mol. The Labute approximate surface area is 122 Å². The average Bonchev–Trinajstić information content (AvgIpc) is 2.42. The van der Waals surface area contributed by atoms with Crippen molar-refractivity contribution in [2.45, 2.75) is 6.92 Å². The highest BCUT2D eigenvalue weighted by Crippen LogP contribution is 2.06. The second-order valence-corrected chi connectivity index (χ2v) is 4.52. The van der Waals surface area contributed by atoms with Gasteiger partial charge in [0.2, 0.25) is 0 Å². The van der Waals surface area contributed by atoms with Gasteiger partial charge >= 0.3 is 12.0 Å². The fourth-order valence-electron chi connectivity index (χ4n) is 1.51. The van der Waals surface area contributed by atoms with Crippen molar-refractivity contribution < 1.29 is 19.5 Å². The molecule has 8 nitrogen and oxygen atoms in total. The first-order valence-corrected chi connectivity index (χ1v) is 6.27. The van der Waals surface area contributed by atoms with Gasteiger partial charge in [-0.25, -0.2) is 14.6 Å². The molecule has 0 aromatic carbocycles. The second-order valence-electron chi connectivity index (χ2n) is 4.52. The molecule has 0 atom stereocenters. The van der Waals surface area contributed by atoms with Crippen LogP contribution in [0.1, 0.15) is 26.5 Å². The molecule has 0 spiro atoms. The maximum atomic E-state index is 11.8. The molecule has 0 saturated carbocycles. The minimum Gasteiger partial charge on any atom is -0.478 e. The topological polar surface area (TPSA) is 112 Å². The van der Waals surface area contributed by atoms with E-state index in [0.29, 0.717) is 0 Å². The van der Waals surface area contributed by atoms with E-state index < -0.39 is 11.9 Å². The van der Waals surface area contributed by atoms with Gasteiger partial charge in [-0.05, 0) is 19.1 Å². The molecule has 0 aliphatic heterocycles. The molecule has 3 amide bonds. The summed E-state index contributed by atoms with van der Waals surface area (Å²) in [6, 6.07) is 2.45. The van der Waals surface area contributed by atoms with Crippen LogP contribution in [-0.4, -0.2) is 60.1 Å². The highest BCUT2D eigenvalue weighted by molar-refractivity contribution is 5.94. The van der Waals surface area contributed by atoms with Gasteiger partial charge in [0.15, 0.2) is 0 Å². The number of nitrogens with zero attached hydrogens (tertiary/aromatic N) is 2. The van der Waals surface area contributed by atoms with Gasteiger partial charge in [-0.15, -0.1) is 0 Å². The third-order valence-electron chi connectivity index (χ3n) is 2.64. The largest absolute Gasteiger partial charge is 0.478 e. The number of nitrogens with one attached hydrogen (secondary N) is 2. The van der Waals surface area contributed by atoms with Crippen molar-refractivity contribution in [2.24, 2.45) is 0 Å². The summed E-state index contributed by atoms with van der Waals surface area (Å²) in [5, 5.41) is 14.1. The lowest BCUT2D eigenvalue weighted by Crippen LogP contribution is -2.39. The Balaban J connectivity index is 2.51. The van der Waals surface area contributed by atoms with Crippen LogP contribution in [-0.2, 0) is 0 Å². The van der Waals surface area contributed by atoms with Crippen LogP contribution in [0.15, 0.2) is 12.1 Å². The molecule has 0 bridgehead atoms. The zero-order valence-corrected chi connectivity index (χ0v) is 12.1. The quantitative estimate of drug-likeness (QED) is 0.666. The van der Waals surface area contributed by atoms with Crippen molar-refractivity contribution in [2.75, 3.05) is 27.2 Å². The highest BCUT2D eigenvalue weighted by atomic mass is 16.4. The molecule has 1 aromatic rings. The molecule has 21 heavy (non-hydrogen) atoms. The maximum absolute atomic E-state index is 11.8. The van der Waals surface area contributed by atoms with E-state index in [1.165, 1.54) is 24.0 Å². The van der Waals surface area contributed by atoms with Crippen LogP contribution in [0.5, 0.6) is 0 Å². The number of aromatic nitrogens is 1. The Morgan fingerprint density at radius 2 is 1.81 bits per heavy atom. The Hall–Kier alpha value is -2.64. The standard InChI is InChI=1S/C13H18N4O4/c1-8-9(12(19)20)4-5-10(16-8)11(18)14-6-7-15-13(21)17(2)3/h4-5H,6-7H2,1-3H3,(H,14,18)(H,15,21)(H,19,20). The molecule has 1 heterocycles. The number of aromatic carboxylic acids is 1. The molecule has 8 heteroatoms. The van der Waals surface area contributed by atoms with E-state index >= 15 is 0 Å². The van der Waals surface area contributed by atoms with Crippen molar-refractivity contribution in [3.63, 3.8) is 0 Å². The van der Waals surface area contributed by atoms with Gasteiger partial charge in [-0.3, -0.25) is 4.79 Å². The number of rotatable bonds is 5. The van der Waals surface area contributed by atoms with Crippen LogP contribution in [0.2, 0.25) is 0 Å². The molecule has 0 unspecified atom stereocenters. The van der Waals surface area contributed by atoms with E-state index in [4.69, 9.17) is 5.11 Å². The van der Waals surface area contributed by atoms with Gasteiger partial charge in [0.25, 0.3) is 5.91 Å². The molecule has 0 aliphatic rings. The van der Waals surface area contributed by atoms with Crippen molar-refractivity contribution >= 4 is 17.9 Å². The minimum absolute atomic E-state index is 0.0600. The third-order valence-corrected chi connectivity index (χ3v) is 2.64. The number of amides is 3. The van der Waals surface area contributed by atoms with E-state index in [9.17, 15) is 14.4 Å². The van der Waals surface area contributed by atoms with Crippen LogP contribution in [0.25, 0.3) is 0 Å². The van der Waals surface area contributed by atoms with Crippen molar-refractivity contribution in [1.82, 2.24) is 20.5 Å². The summed E-state index contributed by atoms with van der Waals surface area (Å²) in [6.07, 6.45) is 0. The third kappa shape index (κ3) is 4.75. The van der Waals surface area contributed by atoms with Crippen molar-refractivity contribution in [1.29, 1.82) is 0 Å². The number of hydrogen-bond acceptors (Lipinski definition) is 4. The summed E-state index contributed by atoms with van der Waals surface area (Å²) in [6.45, 7) is 2.06. The molecule has 114 valence electrons. The van der Waals surface area contributed by atoms with Crippen molar-refractivity contribution in [3.8, 4) is 0 Å². The fraction of sp³-hybridized carbons (Fsp3) is 0.385. The number of carbonyl (C=O) groups excluding carboxylic acids is 2. The first-order valence-electron chi connectivity index (χ1n) is 6.27. The smallest absolute Gasteiger partial charge is 0.337 e. The zero-order valence-electron chi connectivity index (χ0n) is 12.1. The maximum Gasteiger partial charge on any atom is 0.337 e. The number of carboxylic acid groups (broad SMARTS) is 1. The molecule has 0 saturated heterocycles. The van der Waals surface area contributed by atoms with Gasteiger partial charge in [-0.2, -0.15) is 0 Å². The highest BCUT2D eigenvalue weighted by Gasteiger charge is 2.12. The Kier molecular flexibility index (Phi) is 5.65. The fourth-order valence-corrected chi connectivity index (χ4v) is 1.51. The summed E-state index contributed by atoms with van der Waals surface area (Å²) in [5.74, 6) is -1.51. The molecule has 3 N–H and O–H groups in total. The Morgan fingerprint density at radius 3 is 2.33 bits per heavy atom. The molecule has 0 radical (unpaired) electrons. The SMILES string of the molecule is Cc1nc(C(=O)NCCNC(=O)N(C)C)ccc1C(=O)O. The summed E-state index contributed by atoms with van der Waals surface area (Å²) in [7, 11) is 3.23. The molecular weight excluding hydrogens is 276 g/mol. The van der Waals surface area contributed by atoms with Gasteiger partial charge in [0.05, 0.1) is 11.3 Å². The Morgan fingerprint density at radius 1 is 1.19 bits per heavy atom. The van der Waals surface area contributed by atoms with E-state index in [1.54, 1.807) is 14.1 Å². The van der Waals surface area contributed by atoms with Gasteiger partial charge < -0.3 is 20.6 Å². The summed E-state index contributed by atoms with van der Waals surface area (Å²) in [4.78, 5) is 39.2. The van der Waals surface area contributed by atoms with Crippen LogP contribution in [0, 0.1) is 6.92 Å². The van der Waals surface area contributed by atoms with E-state index in [2.05, 4.69) is 15.6 Å². The number of aryl methyl sites for hydroxylation is 1. The lowest BCUT2D eigenvalue weighted by molar-refractivity contribution is 0.0694. The van der Waals surface area contributed by atoms with Crippen LogP contribution >= 0.6 is 0 Å². The predicted molar refractivity (Wildman–Crippen MR) is 75.4 cm³/mol.